The number of carbonyl (C=O) groups excluding carboxylic acids is 1. The van der Waals surface area contributed by atoms with Gasteiger partial charge in [0.1, 0.15) is 0 Å². The minimum atomic E-state index is 0.102. The van der Waals surface area contributed by atoms with Crippen LogP contribution in [0, 0.1) is 0 Å². The summed E-state index contributed by atoms with van der Waals surface area (Å²) in [5.41, 5.74) is 1.57. The van der Waals surface area contributed by atoms with Crippen LogP contribution in [0.3, 0.4) is 0 Å². The van der Waals surface area contributed by atoms with Gasteiger partial charge < -0.3 is 4.74 Å². The van der Waals surface area contributed by atoms with E-state index in [0.29, 0.717) is 0 Å². The molecule has 1 aromatic carbocycles. The van der Waals surface area contributed by atoms with Gasteiger partial charge in [0.15, 0.2) is 5.78 Å². The van der Waals surface area contributed by atoms with Crippen LogP contribution in [-0.4, -0.2) is 18.6 Å². The Balaban J connectivity index is 2.29. The highest BCUT2D eigenvalue weighted by Crippen LogP contribution is 2.25. The molecule has 0 N–H and O–H groups in total. The number of benzene rings is 1. The second kappa shape index (κ2) is 5.21. The first-order valence-electron chi connectivity index (χ1n) is 5.31. The molecule has 2 nitrogen and oxygen atoms in total. The van der Waals surface area contributed by atoms with E-state index in [9.17, 15) is 4.79 Å². The molecule has 2 rings (SSSR count). The lowest BCUT2D eigenvalue weighted by molar-refractivity contribution is 0.101. The maximum absolute atomic E-state index is 12.2. The van der Waals surface area contributed by atoms with Gasteiger partial charge in [-0.25, -0.2) is 0 Å². The molecular formula is C13H14O2S. The number of rotatable bonds is 3. The van der Waals surface area contributed by atoms with Crippen LogP contribution < -0.4 is 0 Å². The van der Waals surface area contributed by atoms with E-state index in [1.807, 2.05) is 30.5 Å². The highest BCUT2D eigenvalue weighted by molar-refractivity contribution is 7.98. The first-order valence-corrected chi connectivity index (χ1v) is 6.54. The first kappa shape index (κ1) is 11.3. The molecule has 1 aliphatic heterocycles. The van der Waals surface area contributed by atoms with Gasteiger partial charge in [-0.1, -0.05) is 12.1 Å². The van der Waals surface area contributed by atoms with Crippen LogP contribution in [0.15, 0.2) is 41.0 Å². The molecule has 84 valence electrons. The van der Waals surface area contributed by atoms with Gasteiger partial charge >= 0.3 is 0 Å². The summed E-state index contributed by atoms with van der Waals surface area (Å²) < 4.78 is 5.21. The lowest BCUT2D eigenvalue weighted by Crippen LogP contribution is -2.10. The highest BCUT2D eigenvalue weighted by atomic mass is 32.2. The van der Waals surface area contributed by atoms with Crippen LogP contribution in [0.5, 0.6) is 0 Å². The zero-order valence-electron chi connectivity index (χ0n) is 9.23. The SMILES string of the molecule is CSc1ccccc1C(=O)C1=COCCC1. The molecule has 0 aromatic heterocycles. The molecule has 0 radical (unpaired) electrons. The molecule has 0 unspecified atom stereocenters. The minimum Gasteiger partial charge on any atom is -0.501 e. The van der Waals surface area contributed by atoms with Gasteiger partial charge in [-0.3, -0.25) is 4.79 Å². The molecule has 1 heterocycles. The average molecular weight is 234 g/mol. The van der Waals surface area contributed by atoms with Crippen LogP contribution in [0.1, 0.15) is 23.2 Å². The van der Waals surface area contributed by atoms with Crippen molar-refractivity contribution in [1.82, 2.24) is 0 Å². The van der Waals surface area contributed by atoms with Gasteiger partial charge in [-0.2, -0.15) is 0 Å². The fourth-order valence-corrected chi connectivity index (χ4v) is 2.33. The largest absolute Gasteiger partial charge is 0.501 e. The zero-order chi connectivity index (χ0) is 11.4. The Morgan fingerprint density at radius 1 is 1.38 bits per heavy atom. The third-order valence-corrected chi connectivity index (χ3v) is 3.37. The van der Waals surface area contributed by atoms with Gasteiger partial charge in [0.2, 0.25) is 0 Å². The Kier molecular flexibility index (Phi) is 3.67. The van der Waals surface area contributed by atoms with E-state index in [4.69, 9.17) is 4.74 Å². The topological polar surface area (TPSA) is 26.3 Å². The molecule has 0 spiro atoms. The quantitative estimate of drug-likeness (QED) is 0.593. The molecule has 0 saturated heterocycles. The summed E-state index contributed by atoms with van der Waals surface area (Å²) in [4.78, 5) is 13.2. The molecule has 1 aliphatic rings. The van der Waals surface area contributed by atoms with Crippen molar-refractivity contribution in [1.29, 1.82) is 0 Å². The molecule has 16 heavy (non-hydrogen) atoms. The van der Waals surface area contributed by atoms with E-state index in [1.165, 1.54) is 0 Å². The molecule has 0 aliphatic carbocycles. The van der Waals surface area contributed by atoms with Gasteiger partial charge in [0.05, 0.1) is 12.9 Å². The highest BCUT2D eigenvalue weighted by Gasteiger charge is 2.17. The number of hydrogen-bond acceptors (Lipinski definition) is 3. The minimum absolute atomic E-state index is 0.102. The predicted octanol–water partition coefficient (Wildman–Crippen LogP) is 3.29. The fraction of sp³-hybridized carbons (Fsp3) is 0.308. The maximum Gasteiger partial charge on any atom is 0.193 e. The first-order chi connectivity index (χ1) is 7.83. The number of carbonyl (C=O) groups is 1. The summed E-state index contributed by atoms with van der Waals surface area (Å²) >= 11 is 1.60. The van der Waals surface area contributed by atoms with E-state index < -0.39 is 0 Å². The van der Waals surface area contributed by atoms with E-state index in [0.717, 1.165) is 35.5 Å². The van der Waals surface area contributed by atoms with Crippen molar-refractivity contribution in [3.05, 3.63) is 41.7 Å². The summed E-state index contributed by atoms with van der Waals surface area (Å²) in [6.45, 7) is 0.723. The lowest BCUT2D eigenvalue weighted by Gasteiger charge is -2.13. The van der Waals surface area contributed by atoms with Crippen LogP contribution in [0.25, 0.3) is 0 Å². The fourth-order valence-electron chi connectivity index (χ4n) is 1.74. The Morgan fingerprint density at radius 2 is 2.19 bits per heavy atom. The predicted molar refractivity (Wildman–Crippen MR) is 65.8 cm³/mol. The van der Waals surface area contributed by atoms with Crippen LogP contribution in [-0.2, 0) is 4.74 Å². The van der Waals surface area contributed by atoms with Crippen molar-refractivity contribution < 1.29 is 9.53 Å². The van der Waals surface area contributed by atoms with Crippen molar-refractivity contribution in [3.8, 4) is 0 Å². The van der Waals surface area contributed by atoms with E-state index in [1.54, 1.807) is 18.0 Å². The van der Waals surface area contributed by atoms with E-state index >= 15 is 0 Å². The van der Waals surface area contributed by atoms with Crippen molar-refractivity contribution in [3.63, 3.8) is 0 Å². The molecule has 0 bridgehead atoms. The third-order valence-electron chi connectivity index (χ3n) is 2.58. The monoisotopic (exact) mass is 234 g/mol. The standard InChI is InChI=1S/C13H14O2S/c1-16-12-7-3-2-6-11(12)13(14)10-5-4-8-15-9-10/h2-3,6-7,9H,4-5,8H2,1H3. The Hall–Kier alpha value is -1.22. The van der Waals surface area contributed by atoms with Gasteiger partial charge in [-0.15, -0.1) is 11.8 Å². The molecule has 3 heteroatoms. The second-order valence-electron chi connectivity index (χ2n) is 3.65. The van der Waals surface area contributed by atoms with Crippen molar-refractivity contribution >= 4 is 17.5 Å². The Morgan fingerprint density at radius 3 is 2.88 bits per heavy atom. The summed E-state index contributed by atoms with van der Waals surface area (Å²) in [6.07, 6.45) is 5.35. The number of thioether (sulfide) groups is 1. The molecule has 0 amide bonds. The number of ketones is 1. The molecule has 0 saturated carbocycles. The van der Waals surface area contributed by atoms with E-state index in [-0.39, 0.29) is 5.78 Å². The molecular weight excluding hydrogens is 220 g/mol. The second-order valence-corrected chi connectivity index (χ2v) is 4.49. The smallest absolute Gasteiger partial charge is 0.193 e. The number of hydrogen-bond donors (Lipinski definition) is 0. The average Bonchev–Trinajstić information content (AvgIpc) is 2.39. The van der Waals surface area contributed by atoms with Crippen molar-refractivity contribution in [2.45, 2.75) is 17.7 Å². The Labute approximate surface area is 99.7 Å². The maximum atomic E-state index is 12.2. The normalized spacial score (nSPS) is 15.2. The zero-order valence-corrected chi connectivity index (χ0v) is 10.0. The summed E-state index contributed by atoms with van der Waals surface area (Å²) in [6, 6.07) is 7.71. The molecule has 0 fully saturated rings. The van der Waals surface area contributed by atoms with Crippen LogP contribution in [0.4, 0.5) is 0 Å². The summed E-state index contributed by atoms with van der Waals surface area (Å²) in [7, 11) is 0. The Bertz CT molecular complexity index is 424. The summed E-state index contributed by atoms with van der Waals surface area (Å²) in [5.74, 6) is 0.102. The number of Topliss-reactive ketones (excluding diaryl/α,β-unsaturated/α-hetero) is 1. The van der Waals surface area contributed by atoms with Crippen molar-refractivity contribution in [2.24, 2.45) is 0 Å². The lowest BCUT2D eigenvalue weighted by atomic mass is 10.00. The van der Waals surface area contributed by atoms with Gasteiger partial charge in [0.25, 0.3) is 0 Å². The molecule has 1 aromatic rings. The van der Waals surface area contributed by atoms with Crippen molar-refractivity contribution in [2.75, 3.05) is 12.9 Å². The van der Waals surface area contributed by atoms with Crippen LogP contribution in [0.2, 0.25) is 0 Å². The van der Waals surface area contributed by atoms with Crippen LogP contribution >= 0.6 is 11.8 Å². The summed E-state index contributed by atoms with van der Waals surface area (Å²) in [5, 5.41) is 0. The molecule has 0 atom stereocenters. The van der Waals surface area contributed by atoms with Gasteiger partial charge in [-0.05, 0) is 31.2 Å². The third kappa shape index (κ3) is 2.30. The number of allylic oxidation sites excluding steroid dienone is 1. The van der Waals surface area contributed by atoms with E-state index in [2.05, 4.69) is 0 Å². The number of ether oxygens (including phenoxy) is 1. The van der Waals surface area contributed by atoms with Gasteiger partial charge in [0, 0.05) is 16.0 Å².